The first kappa shape index (κ1) is 33.5. The number of fused-ring (bicyclic) bond motifs is 2. The summed E-state index contributed by atoms with van der Waals surface area (Å²) in [5, 5.41) is 28.0. The summed E-state index contributed by atoms with van der Waals surface area (Å²) < 4.78 is 21.9. The number of nitrogens with two attached hydrogens (primary N) is 1. The molecule has 1 aliphatic heterocycles. The minimum atomic E-state index is -0.999. The quantitative estimate of drug-likeness (QED) is 0.227. The topological polar surface area (TPSA) is 179 Å². The summed E-state index contributed by atoms with van der Waals surface area (Å²) in [5.74, 6) is -1.33. The third-order valence-corrected chi connectivity index (χ3v) is 7.08. The second kappa shape index (κ2) is 15.3. The van der Waals surface area contributed by atoms with Crippen molar-refractivity contribution < 1.29 is 38.7 Å². The summed E-state index contributed by atoms with van der Waals surface area (Å²) in [7, 11) is 4.28. The highest BCUT2D eigenvalue weighted by molar-refractivity contribution is 6.04. The Hall–Kier alpha value is -3.74. The molecule has 12 nitrogen and oxygen atoms in total. The van der Waals surface area contributed by atoms with E-state index in [0.717, 1.165) is 0 Å². The number of amides is 2. The fraction of sp³-hybridized carbons (Fsp3) is 0.517. The number of benzene rings is 1. The number of hydrogen-bond donors (Lipinski definition) is 4. The molecule has 226 valence electrons. The van der Waals surface area contributed by atoms with Crippen LogP contribution in [0.25, 0.3) is 0 Å². The van der Waals surface area contributed by atoms with Crippen molar-refractivity contribution in [1.82, 2.24) is 0 Å². The van der Waals surface area contributed by atoms with Gasteiger partial charge in [0, 0.05) is 31.3 Å². The first-order valence-electron chi connectivity index (χ1n) is 13.2. The SMILES string of the molecule is COc1c(N=O)cc2c(O)c1C[C@@H](C)C[C@H](OC)[C@H](O)[C@@H](C)/C=C(\C)[C@H](OC(N)=O)[C@@H](OC)/C=C\C=C(/C)C(=O)N2. The number of phenols is 1. The first-order chi connectivity index (χ1) is 19.4. The molecule has 2 bridgehead atoms. The smallest absolute Gasteiger partial charge is 0.405 e. The lowest BCUT2D eigenvalue weighted by Gasteiger charge is -2.29. The Labute approximate surface area is 240 Å². The van der Waals surface area contributed by atoms with Crippen LogP contribution in [0.3, 0.4) is 0 Å². The molecule has 41 heavy (non-hydrogen) atoms. The summed E-state index contributed by atoms with van der Waals surface area (Å²) in [6, 6.07) is 1.24. The van der Waals surface area contributed by atoms with Crippen LogP contribution in [-0.4, -0.2) is 68.0 Å². The van der Waals surface area contributed by atoms with Crippen LogP contribution in [0.2, 0.25) is 0 Å². The zero-order valence-electron chi connectivity index (χ0n) is 24.5. The number of methoxy groups -OCH3 is 3. The number of nitrogens with one attached hydrogen (secondary N) is 1. The Kier molecular flexibility index (Phi) is 12.5. The molecule has 2 rings (SSSR count). The van der Waals surface area contributed by atoms with E-state index < -0.39 is 42.3 Å². The minimum Gasteiger partial charge on any atom is -0.505 e. The number of allylic oxidation sites excluding steroid dienone is 2. The number of anilines is 1. The molecule has 5 N–H and O–H groups in total. The van der Waals surface area contributed by atoms with Crippen LogP contribution in [-0.2, 0) is 25.4 Å². The molecule has 0 unspecified atom stereocenters. The van der Waals surface area contributed by atoms with Crippen molar-refractivity contribution in [2.75, 3.05) is 26.6 Å². The number of aliphatic hydroxyl groups is 1. The predicted octanol–water partition coefficient (Wildman–Crippen LogP) is 4.26. The van der Waals surface area contributed by atoms with Gasteiger partial charge in [0.1, 0.15) is 11.9 Å². The second-order valence-electron chi connectivity index (χ2n) is 10.2. The lowest BCUT2D eigenvalue weighted by Crippen LogP contribution is -2.37. The van der Waals surface area contributed by atoms with Crippen molar-refractivity contribution in [2.24, 2.45) is 22.7 Å². The van der Waals surface area contributed by atoms with E-state index >= 15 is 0 Å². The van der Waals surface area contributed by atoms with Gasteiger partial charge in [0.05, 0.1) is 25.0 Å². The number of ether oxygens (including phenoxy) is 4. The zero-order valence-corrected chi connectivity index (χ0v) is 24.5. The maximum Gasteiger partial charge on any atom is 0.405 e. The van der Waals surface area contributed by atoms with Gasteiger partial charge in [-0.2, -0.15) is 0 Å². The Morgan fingerprint density at radius 2 is 1.85 bits per heavy atom. The molecule has 6 atom stereocenters. The van der Waals surface area contributed by atoms with Crippen LogP contribution in [0.4, 0.5) is 16.2 Å². The Morgan fingerprint density at radius 3 is 2.41 bits per heavy atom. The lowest BCUT2D eigenvalue weighted by atomic mass is 9.87. The van der Waals surface area contributed by atoms with Gasteiger partial charge in [0.25, 0.3) is 5.91 Å². The van der Waals surface area contributed by atoms with Crippen LogP contribution in [0, 0.1) is 16.7 Å². The molecule has 0 radical (unpaired) electrons. The van der Waals surface area contributed by atoms with E-state index in [4.69, 9.17) is 24.7 Å². The van der Waals surface area contributed by atoms with Crippen molar-refractivity contribution in [2.45, 2.75) is 65.0 Å². The monoisotopic (exact) mass is 575 g/mol. The van der Waals surface area contributed by atoms with E-state index in [1.165, 1.54) is 33.5 Å². The second-order valence-corrected chi connectivity index (χ2v) is 10.2. The molecule has 12 heteroatoms. The predicted molar refractivity (Wildman–Crippen MR) is 154 cm³/mol. The molecule has 0 aliphatic carbocycles. The van der Waals surface area contributed by atoms with Gasteiger partial charge in [0.15, 0.2) is 17.5 Å². The molecule has 0 saturated heterocycles. The summed E-state index contributed by atoms with van der Waals surface area (Å²) >= 11 is 0. The zero-order chi connectivity index (χ0) is 30.9. The highest BCUT2D eigenvalue weighted by atomic mass is 16.6. The number of aliphatic hydroxyl groups excluding tert-OH is 1. The third kappa shape index (κ3) is 8.62. The van der Waals surface area contributed by atoms with Gasteiger partial charge >= 0.3 is 6.09 Å². The summed E-state index contributed by atoms with van der Waals surface area (Å²) in [6.07, 6.45) is 2.75. The summed E-state index contributed by atoms with van der Waals surface area (Å²) in [5.41, 5.74) is 6.37. The number of hydrogen-bond acceptors (Lipinski definition) is 10. The molecular formula is C29H41N3O9. The normalized spacial score (nSPS) is 29.7. The maximum atomic E-state index is 13.0. The van der Waals surface area contributed by atoms with Gasteiger partial charge in [-0.05, 0) is 49.4 Å². The van der Waals surface area contributed by atoms with Crippen LogP contribution in [0.5, 0.6) is 11.5 Å². The fourth-order valence-corrected chi connectivity index (χ4v) is 4.88. The van der Waals surface area contributed by atoms with Crippen molar-refractivity contribution in [3.8, 4) is 11.5 Å². The number of nitrogens with zero attached hydrogens (tertiary/aromatic N) is 1. The summed E-state index contributed by atoms with van der Waals surface area (Å²) in [4.78, 5) is 36.3. The average Bonchev–Trinajstić information content (AvgIpc) is 2.93. The number of aromatic hydroxyl groups is 1. The van der Waals surface area contributed by atoms with Gasteiger partial charge < -0.3 is 40.2 Å². The number of primary amides is 1. The lowest BCUT2D eigenvalue weighted by molar-refractivity contribution is -0.112. The highest BCUT2D eigenvalue weighted by Gasteiger charge is 2.30. The molecule has 0 spiro atoms. The van der Waals surface area contributed by atoms with Crippen molar-refractivity contribution in [3.63, 3.8) is 0 Å². The Balaban J connectivity index is 2.69. The Bertz CT molecular complexity index is 1190. The third-order valence-electron chi connectivity index (χ3n) is 7.08. The Morgan fingerprint density at radius 1 is 1.17 bits per heavy atom. The van der Waals surface area contributed by atoms with Crippen LogP contribution in [0.1, 0.15) is 39.7 Å². The number of carbonyl (C=O) groups is 2. The fourth-order valence-electron chi connectivity index (χ4n) is 4.88. The van der Waals surface area contributed by atoms with E-state index in [2.05, 4.69) is 10.5 Å². The number of rotatable bonds is 5. The molecule has 1 aromatic rings. The van der Waals surface area contributed by atoms with Crippen LogP contribution >= 0.6 is 0 Å². The molecule has 0 saturated carbocycles. The molecule has 0 fully saturated rings. The van der Waals surface area contributed by atoms with E-state index in [-0.39, 0.29) is 46.3 Å². The number of carbonyl (C=O) groups excluding carboxylic acids is 2. The average molecular weight is 576 g/mol. The van der Waals surface area contributed by atoms with E-state index in [1.807, 2.05) is 6.92 Å². The number of phenolic OH excluding ortho intramolecular Hbond substituents is 1. The van der Waals surface area contributed by atoms with Gasteiger partial charge in [-0.3, -0.25) is 4.79 Å². The van der Waals surface area contributed by atoms with Gasteiger partial charge in [-0.25, -0.2) is 4.79 Å². The van der Waals surface area contributed by atoms with Gasteiger partial charge in [0.2, 0.25) is 0 Å². The van der Waals surface area contributed by atoms with Crippen LogP contribution in [0.15, 0.2) is 46.7 Å². The summed E-state index contributed by atoms with van der Waals surface area (Å²) in [6.45, 7) is 6.99. The van der Waals surface area contributed by atoms with E-state index in [0.29, 0.717) is 12.0 Å². The standard InChI is InChI=1S/C29H41N3O9/c1-15-11-19-25(34)20(14-21(32-37)27(19)40-7)31-28(35)16(2)9-8-10-22(38-5)26(41-29(30)36)18(4)13-17(3)24(33)23(12-15)39-6/h8-10,13-15,17,22-24,26,33-34H,11-12H2,1-7H3,(H2,30,36)(H,31,35)/b10-8-,16-9+,18-13+/t15-,17+,22+,23+,24-,26+/m1/s1. The highest BCUT2D eigenvalue weighted by Crippen LogP contribution is 2.44. The minimum absolute atomic E-state index is 0.0105. The largest absolute Gasteiger partial charge is 0.505 e. The molecular weight excluding hydrogens is 534 g/mol. The van der Waals surface area contributed by atoms with Crippen LogP contribution < -0.4 is 15.8 Å². The van der Waals surface area contributed by atoms with Crippen molar-refractivity contribution >= 4 is 23.4 Å². The molecule has 1 aromatic carbocycles. The molecule has 1 heterocycles. The van der Waals surface area contributed by atoms with Crippen molar-refractivity contribution in [3.05, 3.63) is 52.0 Å². The molecule has 1 aliphatic rings. The molecule has 2 amide bonds. The van der Waals surface area contributed by atoms with Gasteiger partial charge in [-0.1, -0.05) is 38.2 Å². The van der Waals surface area contributed by atoms with E-state index in [1.54, 1.807) is 39.0 Å². The van der Waals surface area contributed by atoms with Gasteiger partial charge in [-0.15, -0.1) is 4.91 Å². The van der Waals surface area contributed by atoms with Crippen molar-refractivity contribution in [1.29, 1.82) is 0 Å². The number of nitroso groups, excluding NO2 is 1. The van der Waals surface area contributed by atoms with E-state index in [9.17, 15) is 24.7 Å². The molecule has 0 aromatic heterocycles. The maximum absolute atomic E-state index is 13.0. The first-order valence-corrected chi connectivity index (χ1v) is 13.2.